The van der Waals surface area contributed by atoms with Gasteiger partial charge in [-0.05, 0) is 25.7 Å². The highest BCUT2D eigenvalue weighted by molar-refractivity contribution is 5.95. The molecule has 0 aromatic carbocycles. The van der Waals surface area contributed by atoms with Crippen molar-refractivity contribution in [2.24, 2.45) is 0 Å². The van der Waals surface area contributed by atoms with Gasteiger partial charge < -0.3 is 30.6 Å². The van der Waals surface area contributed by atoms with Gasteiger partial charge in [-0.3, -0.25) is 0 Å². The minimum atomic E-state index is -1.89. The van der Waals surface area contributed by atoms with Crippen molar-refractivity contribution in [3.05, 3.63) is 11.5 Å². The summed E-state index contributed by atoms with van der Waals surface area (Å²) in [6, 6.07) is 0. The van der Waals surface area contributed by atoms with Crippen LogP contribution in [0.4, 0.5) is 0 Å². The third kappa shape index (κ3) is 5.14. The van der Waals surface area contributed by atoms with Crippen LogP contribution in [-0.4, -0.2) is 54.1 Å². The average molecular weight is 292 g/mol. The second-order valence-corrected chi connectivity index (χ2v) is 4.20. The largest absolute Gasteiger partial charge is 0.499 e. The highest BCUT2D eigenvalue weighted by atomic mass is 16.4. The maximum absolute atomic E-state index is 10.4. The molecule has 114 valence electrons. The molecule has 20 heavy (non-hydrogen) atoms. The van der Waals surface area contributed by atoms with Gasteiger partial charge in [0.15, 0.2) is 5.60 Å². The summed E-state index contributed by atoms with van der Waals surface area (Å²) >= 11 is 0. The summed E-state index contributed by atoms with van der Waals surface area (Å²) in [6.07, 6.45) is 3.56. The Morgan fingerprint density at radius 3 is 1.25 bits per heavy atom. The summed E-state index contributed by atoms with van der Waals surface area (Å²) < 4.78 is 0. The lowest BCUT2D eigenvalue weighted by atomic mass is 9.85. The van der Waals surface area contributed by atoms with Crippen molar-refractivity contribution in [1.82, 2.24) is 0 Å². The number of aliphatic hydroxyl groups is 3. The minimum absolute atomic E-state index is 0.419. The van der Waals surface area contributed by atoms with Crippen molar-refractivity contribution in [2.75, 3.05) is 0 Å². The van der Waals surface area contributed by atoms with E-state index in [9.17, 15) is 19.5 Å². The number of carboxylic acid groups (broad SMARTS) is 3. The fourth-order valence-electron chi connectivity index (χ4n) is 1.55. The number of carbonyl (C=O) groups is 3. The molecule has 1 rings (SSSR count). The van der Waals surface area contributed by atoms with E-state index in [2.05, 4.69) is 0 Å². The Balaban J connectivity index is 0.000000361. The molecule has 0 saturated heterocycles. The second-order valence-electron chi connectivity index (χ2n) is 4.20. The second kappa shape index (κ2) is 7.34. The Bertz CT molecular complexity index is 396. The fourth-order valence-corrected chi connectivity index (χ4v) is 1.55. The normalized spacial score (nSPS) is 18.1. The molecule has 1 fully saturated rings. The van der Waals surface area contributed by atoms with E-state index in [4.69, 9.17) is 25.5 Å². The zero-order valence-electron chi connectivity index (χ0n) is 10.4. The van der Waals surface area contributed by atoms with Gasteiger partial charge in [-0.25, -0.2) is 14.4 Å². The first-order valence-electron chi connectivity index (χ1n) is 5.66. The van der Waals surface area contributed by atoms with E-state index in [1.165, 1.54) is 0 Å². The predicted octanol–water partition coefficient (Wildman–Crippen LogP) is 0.249. The summed E-state index contributed by atoms with van der Waals surface area (Å²) in [5.41, 5.74) is -1.40. The summed E-state index contributed by atoms with van der Waals surface area (Å²) in [4.78, 5) is 29.9. The van der Waals surface area contributed by atoms with Gasteiger partial charge in [-0.1, -0.05) is 6.42 Å². The summed E-state index contributed by atoms with van der Waals surface area (Å²) in [7, 11) is 0. The first-order valence-corrected chi connectivity index (χ1v) is 5.66. The molecule has 0 aromatic heterocycles. The summed E-state index contributed by atoms with van der Waals surface area (Å²) in [5.74, 6) is -7.99. The Labute approximate surface area is 113 Å². The molecule has 0 atom stereocenters. The monoisotopic (exact) mass is 292 g/mol. The molecule has 1 aliphatic rings. The third-order valence-corrected chi connectivity index (χ3v) is 2.71. The third-order valence-electron chi connectivity index (χ3n) is 2.71. The minimum Gasteiger partial charge on any atom is -0.499 e. The van der Waals surface area contributed by atoms with Gasteiger partial charge in [0.2, 0.25) is 0 Å². The average Bonchev–Trinajstić information content (AvgIpc) is 2.38. The quantitative estimate of drug-likeness (QED) is 0.315. The van der Waals surface area contributed by atoms with Crippen LogP contribution in [0, 0.1) is 0 Å². The van der Waals surface area contributed by atoms with Crippen LogP contribution in [0.1, 0.15) is 32.1 Å². The highest BCUT2D eigenvalue weighted by Gasteiger charge is 2.36. The molecule has 0 spiro atoms. The Morgan fingerprint density at radius 1 is 0.700 bits per heavy atom. The van der Waals surface area contributed by atoms with E-state index in [-0.39, 0.29) is 0 Å². The lowest BCUT2D eigenvalue weighted by molar-refractivity contribution is -0.161. The Kier molecular flexibility index (Phi) is 6.50. The molecular formula is C11H16O9. The lowest BCUT2D eigenvalue weighted by Gasteiger charge is -2.27. The summed E-state index contributed by atoms with van der Waals surface area (Å²) in [6.45, 7) is 0. The van der Waals surface area contributed by atoms with Gasteiger partial charge in [0.05, 0.1) is 0 Å². The van der Waals surface area contributed by atoms with Crippen molar-refractivity contribution < 1.29 is 45.0 Å². The van der Waals surface area contributed by atoms with Gasteiger partial charge in [-0.2, -0.15) is 0 Å². The molecule has 0 heterocycles. The van der Waals surface area contributed by atoms with Gasteiger partial charge in [0, 0.05) is 0 Å². The molecule has 1 aliphatic carbocycles. The van der Waals surface area contributed by atoms with Crippen LogP contribution in [0.15, 0.2) is 11.5 Å². The topological polar surface area (TPSA) is 173 Å². The van der Waals surface area contributed by atoms with E-state index < -0.39 is 35.0 Å². The van der Waals surface area contributed by atoms with Gasteiger partial charge in [0.25, 0.3) is 11.5 Å². The standard InChI is InChI=1S/C7H12O3.C4H4O6/c8-6(9)7(10)4-2-1-3-5-7;5-1(3(7)8)2(6)4(9)10/h10H,1-5H2,(H,8,9);5-6H,(H,7,8)(H,9,10). The van der Waals surface area contributed by atoms with Gasteiger partial charge in [0.1, 0.15) is 0 Å². The Morgan fingerprint density at radius 2 is 1.05 bits per heavy atom. The maximum atomic E-state index is 10.4. The maximum Gasteiger partial charge on any atom is 0.375 e. The van der Waals surface area contributed by atoms with Gasteiger partial charge in [-0.15, -0.1) is 0 Å². The lowest BCUT2D eigenvalue weighted by Crippen LogP contribution is -2.40. The molecule has 0 aliphatic heterocycles. The predicted molar refractivity (Wildman–Crippen MR) is 63.2 cm³/mol. The van der Waals surface area contributed by atoms with E-state index in [1.807, 2.05) is 0 Å². The van der Waals surface area contributed by atoms with Crippen LogP contribution < -0.4 is 0 Å². The molecule has 0 bridgehead atoms. The van der Waals surface area contributed by atoms with Crippen LogP contribution in [0.2, 0.25) is 0 Å². The van der Waals surface area contributed by atoms with Crippen molar-refractivity contribution in [3.63, 3.8) is 0 Å². The van der Waals surface area contributed by atoms with Crippen LogP contribution in [0.25, 0.3) is 0 Å². The van der Waals surface area contributed by atoms with Crippen molar-refractivity contribution >= 4 is 17.9 Å². The number of aliphatic carboxylic acids is 3. The number of aliphatic hydroxyl groups excluding tert-OH is 2. The van der Waals surface area contributed by atoms with Crippen molar-refractivity contribution in [2.45, 2.75) is 37.7 Å². The summed E-state index contributed by atoms with van der Waals surface area (Å²) in [5, 5.41) is 50.1. The molecule has 0 radical (unpaired) electrons. The molecule has 9 heteroatoms. The molecule has 9 nitrogen and oxygen atoms in total. The molecular weight excluding hydrogens is 276 g/mol. The smallest absolute Gasteiger partial charge is 0.375 e. The molecule has 0 amide bonds. The van der Waals surface area contributed by atoms with E-state index in [0.29, 0.717) is 12.8 Å². The molecule has 1 saturated carbocycles. The molecule has 6 N–H and O–H groups in total. The number of hydrogen-bond donors (Lipinski definition) is 6. The Hall–Kier alpha value is -2.29. The highest BCUT2D eigenvalue weighted by Crippen LogP contribution is 2.27. The molecule has 0 aromatic rings. The zero-order chi connectivity index (χ0) is 15.9. The van der Waals surface area contributed by atoms with Gasteiger partial charge >= 0.3 is 17.9 Å². The van der Waals surface area contributed by atoms with Crippen LogP contribution >= 0.6 is 0 Å². The van der Waals surface area contributed by atoms with Crippen LogP contribution in [0.5, 0.6) is 0 Å². The van der Waals surface area contributed by atoms with Crippen LogP contribution in [0.3, 0.4) is 0 Å². The number of hydrogen-bond acceptors (Lipinski definition) is 6. The van der Waals surface area contributed by atoms with Crippen molar-refractivity contribution in [1.29, 1.82) is 0 Å². The van der Waals surface area contributed by atoms with E-state index in [1.54, 1.807) is 0 Å². The first kappa shape index (κ1) is 17.7. The molecule has 0 unspecified atom stereocenters. The number of rotatable bonds is 3. The van der Waals surface area contributed by atoms with E-state index in [0.717, 1.165) is 19.3 Å². The first-order chi connectivity index (χ1) is 9.11. The van der Waals surface area contributed by atoms with E-state index >= 15 is 0 Å². The van der Waals surface area contributed by atoms with Crippen LogP contribution in [-0.2, 0) is 14.4 Å². The van der Waals surface area contributed by atoms with Crippen molar-refractivity contribution in [3.8, 4) is 0 Å². The fraction of sp³-hybridized carbons (Fsp3) is 0.545. The SMILES string of the molecule is O=C(O)C(O)=C(O)C(=O)O.O=C(O)C1(O)CCCCC1. The number of carboxylic acids is 3. The zero-order valence-corrected chi connectivity index (χ0v) is 10.4.